The predicted molar refractivity (Wildman–Crippen MR) is 76.5 cm³/mol. The van der Waals surface area contributed by atoms with E-state index in [4.69, 9.17) is 11.6 Å². The molecule has 0 unspecified atom stereocenters. The Morgan fingerprint density at radius 1 is 1.10 bits per heavy atom. The third kappa shape index (κ3) is 3.17. The summed E-state index contributed by atoms with van der Waals surface area (Å²) in [7, 11) is -2.44. The van der Waals surface area contributed by atoms with Crippen LogP contribution in [-0.2, 0) is 16.6 Å². The Labute approximate surface area is 122 Å². The van der Waals surface area contributed by atoms with Crippen LogP contribution >= 0.6 is 11.6 Å². The van der Waals surface area contributed by atoms with Gasteiger partial charge in [-0.05, 0) is 29.8 Å². The summed E-state index contributed by atoms with van der Waals surface area (Å²) in [6.45, 7) is 0.147. The number of benzene rings is 2. The van der Waals surface area contributed by atoms with Gasteiger partial charge in [-0.3, -0.25) is 0 Å². The van der Waals surface area contributed by atoms with Crippen molar-refractivity contribution in [2.24, 2.45) is 0 Å². The van der Waals surface area contributed by atoms with Gasteiger partial charge in [-0.2, -0.15) is 4.31 Å². The quantitative estimate of drug-likeness (QED) is 0.868. The third-order valence-electron chi connectivity index (χ3n) is 2.84. The Morgan fingerprint density at radius 3 is 2.30 bits per heavy atom. The molecule has 0 aliphatic rings. The van der Waals surface area contributed by atoms with E-state index in [-0.39, 0.29) is 11.4 Å². The highest BCUT2D eigenvalue weighted by Crippen LogP contribution is 2.20. The van der Waals surface area contributed by atoms with E-state index >= 15 is 0 Å². The minimum Gasteiger partial charge on any atom is -0.207 e. The van der Waals surface area contributed by atoms with Crippen LogP contribution in [0.1, 0.15) is 5.56 Å². The molecule has 0 aliphatic carbocycles. The maximum absolute atomic E-state index is 13.6. The lowest BCUT2D eigenvalue weighted by Crippen LogP contribution is -2.27. The lowest BCUT2D eigenvalue weighted by molar-refractivity contribution is 0.460. The van der Waals surface area contributed by atoms with Crippen molar-refractivity contribution in [3.05, 3.63) is 64.9 Å². The third-order valence-corrected chi connectivity index (χ3v) is 4.93. The fourth-order valence-corrected chi connectivity index (χ4v) is 3.10. The summed E-state index contributed by atoms with van der Waals surface area (Å²) >= 11 is 5.77. The van der Waals surface area contributed by atoms with Gasteiger partial charge in [-0.15, -0.1) is 0 Å². The van der Waals surface area contributed by atoms with Gasteiger partial charge in [0.2, 0.25) is 10.0 Å². The van der Waals surface area contributed by atoms with Crippen molar-refractivity contribution in [1.82, 2.24) is 4.31 Å². The van der Waals surface area contributed by atoms with Crippen LogP contribution in [0, 0.1) is 5.82 Å². The first-order chi connectivity index (χ1) is 9.41. The zero-order chi connectivity index (χ0) is 14.8. The molecule has 0 atom stereocenters. The lowest BCUT2D eigenvalue weighted by Gasteiger charge is -2.17. The first kappa shape index (κ1) is 15.0. The van der Waals surface area contributed by atoms with Crippen molar-refractivity contribution in [2.75, 3.05) is 7.05 Å². The summed E-state index contributed by atoms with van der Waals surface area (Å²) in [6.07, 6.45) is 0. The highest BCUT2D eigenvalue weighted by atomic mass is 35.5. The molecule has 0 amide bonds. The van der Waals surface area contributed by atoms with E-state index in [0.717, 1.165) is 15.9 Å². The van der Waals surface area contributed by atoms with Crippen LogP contribution < -0.4 is 0 Å². The Balaban J connectivity index is 2.26. The van der Waals surface area contributed by atoms with Crippen LogP contribution in [0.4, 0.5) is 4.39 Å². The Kier molecular flexibility index (Phi) is 4.42. The summed E-state index contributed by atoms with van der Waals surface area (Å²) in [4.78, 5) is -0.323. The van der Waals surface area contributed by atoms with Crippen molar-refractivity contribution >= 4 is 21.6 Å². The number of sulfonamides is 1. The normalized spacial score (nSPS) is 11.8. The van der Waals surface area contributed by atoms with Gasteiger partial charge < -0.3 is 0 Å². The van der Waals surface area contributed by atoms with Crippen molar-refractivity contribution in [3.8, 4) is 0 Å². The number of hydrogen-bond donors (Lipinski definition) is 0. The zero-order valence-corrected chi connectivity index (χ0v) is 12.3. The van der Waals surface area contributed by atoms with Crippen molar-refractivity contribution < 1.29 is 12.8 Å². The molecule has 0 fully saturated rings. The molecule has 0 N–H and O–H groups in total. The fourth-order valence-electron chi connectivity index (χ4n) is 1.75. The van der Waals surface area contributed by atoms with E-state index < -0.39 is 15.8 Å². The Hall–Kier alpha value is -1.43. The molecule has 0 spiro atoms. The first-order valence-electron chi connectivity index (χ1n) is 5.86. The Morgan fingerprint density at radius 2 is 1.70 bits per heavy atom. The van der Waals surface area contributed by atoms with E-state index in [9.17, 15) is 12.8 Å². The van der Waals surface area contributed by atoms with Gasteiger partial charge in [0.1, 0.15) is 10.7 Å². The van der Waals surface area contributed by atoms with E-state index in [1.54, 1.807) is 24.3 Å². The summed E-state index contributed by atoms with van der Waals surface area (Å²) in [5.41, 5.74) is 0.775. The fraction of sp³-hybridized carbons (Fsp3) is 0.143. The second-order valence-electron chi connectivity index (χ2n) is 4.32. The molecule has 20 heavy (non-hydrogen) atoms. The molecule has 0 aliphatic heterocycles. The zero-order valence-electron chi connectivity index (χ0n) is 10.8. The van der Waals surface area contributed by atoms with Crippen molar-refractivity contribution in [2.45, 2.75) is 11.4 Å². The standard InChI is InChI=1S/C14H13ClFNO2S/c1-17(10-11-6-8-12(15)9-7-11)20(18,19)14-5-3-2-4-13(14)16/h2-9H,10H2,1H3. The lowest BCUT2D eigenvalue weighted by atomic mass is 10.2. The molecule has 0 radical (unpaired) electrons. The molecule has 106 valence electrons. The largest absolute Gasteiger partial charge is 0.246 e. The van der Waals surface area contributed by atoms with E-state index in [2.05, 4.69) is 0 Å². The second kappa shape index (κ2) is 5.91. The second-order valence-corrected chi connectivity index (χ2v) is 6.77. The average Bonchev–Trinajstić information content (AvgIpc) is 2.41. The number of hydrogen-bond acceptors (Lipinski definition) is 2. The molecular weight excluding hydrogens is 301 g/mol. The summed E-state index contributed by atoms with van der Waals surface area (Å²) in [6, 6.07) is 12.2. The van der Waals surface area contributed by atoms with Crippen LogP contribution in [0.15, 0.2) is 53.4 Å². The van der Waals surface area contributed by atoms with Gasteiger partial charge in [0.25, 0.3) is 0 Å². The number of nitrogens with zero attached hydrogens (tertiary/aromatic N) is 1. The van der Waals surface area contributed by atoms with Crippen LogP contribution in [0.2, 0.25) is 5.02 Å². The summed E-state index contributed by atoms with van der Waals surface area (Å²) < 4.78 is 39.3. The van der Waals surface area contributed by atoms with Gasteiger partial charge in [-0.1, -0.05) is 35.9 Å². The molecule has 0 heterocycles. The highest BCUT2D eigenvalue weighted by molar-refractivity contribution is 7.89. The van der Waals surface area contributed by atoms with Gasteiger partial charge in [0.15, 0.2) is 0 Å². The molecular formula is C14H13ClFNO2S. The van der Waals surface area contributed by atoms with Gasteiger partial charge >= 0.3 is 0 Å². The van der Waals surface area contributed by atoms with Gasteiger partial charge in [0.05, 0.1) is 0 Å². The SMILES string of the molecule is CN(Cc1ccc(Cl)cc1)S(=O)(=O)c1ccccc1F. The molecule has 3 nitrogen and oxygen atoms in total. The Bertz CT molecular complexity index is 701. The van der Waals surface area contributed by atoms with Gasteiger partial charge in [-0.25, -0.2) is 12.8 Å². The molecule has 0 aromatic heterocycles. The smallest absolute Gasteiger partial charge is 0.207 e. The van der Waals surface area contributed by atoms with Gasteiger partial charge in [0, 0.05) is 18.6 Å². The first-order valence-corrected chi connectivity index (χ1v) is 7.68. The highest BCUT2D eigenvalue weighted by Gasteiger charge is 2.23. The average molecular weight is 314 g/mol. The van der Waals surface area contributed by atoms with E-state index in [1.165, 1.54) is 25.2 Å². The topological polar surface area (TPSA) is 37.4 Å². The maximum Gasteiger partial charge on any atom is 0.246 e. The van der Waals surface area contributed by atoms with E-state index in [0.29, 0.717) is 5.02 Å². The molecule has 0 bridgehead atoms. The number of halogens is 2. The summed E-state index contributed by atoms with van der Waals surface area (Å²) in [5, 5.41) is 0.577. The maximum atomic E-state index is 13.6. The van der Waals surface area contributed by atoms with E-state index in [1.807, 2.05) is 0 Å². The van der Waals surface area contributed by atoms with Crippen LogP contribution in [0.5, 0.6) is 0 Å². The molecule has 0 saturated heterocycles. The number of rotatable bonds is 4. The monoisotopic (exact) mass is 313 g/mol. The molecule has 2 aromatic carbocycles. The minimum absolute atomic E-state index is 0.147. The van der Waals surface area contributed by atoms with Crippen LogP contribution in [0.25, 0.3) is 0 Å². The van der Waals surface area contributed by atoms with Crippen LogP contribution in [-0.4, -0.2) is 19.8 Å². The minimum atomic E-state index is -3.85. The molecule has 0 saturated carbocycles. The molecule has 6 heteroatoms. The summed E-state index contributed by atoms with van der Waals surface area (Å²) in [5.74, 6) is -0.754. The van der Waals surface area contributed by atoms with Crippen LogP contribution in [0.3, 0.4) is 0 Å². The molecule has 2 rings (SSSR count). The van der Waals surface area contributed by atoms with Crippen molar-refractivity contribution in [1.29, 1.82) is 0 Å². The molecule has 2 aromatic rings. The predicted octanol–water partition coefficient (Wildman–Crippen LogP) is 3.30. The van der Waals surface area contributed by atoms with Crippen molar-refractivity contribution in [3.63, 3.8) is 0 Å².